The fourth-order valence-electron chi connectivity index (χ4n) is 2.66. The summed E-state index contributed by atoms with van der Waals surface area (Å²) in [6.07, 6.45) is 5.14. The van der Waals surface area contributed by atoms with E-state index in [4.69, 9.17) is 15.2 Å². The van der Waals surface area contributed by atoms with Gasteiger partial charge in [0.15, 0.2) is 0 Å². The molecule has 5 heteroatoms. The largest absolute Gasteiger partial charge is 0.468 e. The molecule has 0 aromatic heterocycles. The van der Waals surface area contributed by atoms with Gasteiger partial charge in [0.25, 0.3) is 0 Å². The van der Waals surface area contributed by atoms with Gasteiger partial charge >= 0.3 is 5.97 Å². The molecule has 3 unspecified atom stereocenters. The molecular formula is C15H29NO4. The summed E-state index contributed by atoms with van der Waals surface area (Å²) < 4.78 is 16.2. The van der Waals surface area contributed by atoms with E-state index in [0.29, 0.717) is 19.1 Å². The Labute approximate surface area is 122 Å². The molecule has 0 aliphatic carbocycles. The van der Waals surface area contributed by atoms with Gasteiger partial charge in [0.1, 0.15) is 5.54 Å². The van der Waals surface area contributed by atoms with Crippen LogP contribution in [0.2, 0.25) is 0 Å². The van der Waals surface area contributed by atoms with Crippen LogP contribution in [0.4, 0.5) is 0 Å². The first kappa shape index (κ1) is 17.4. The molecule has 0 aromatic rings. The van der Waals surface area contributed by atoms with Gasteiger partial charge in [-0.15, -0.1) is 0 Å². The highest BCUT2D eigenvalue weighted by Crippen LogP contribution is 2.22. The Morgan fingerprint density at radius 3 is 2.45 bits per heavy atom. The Kier molecular flexibility index (Phi) is 6.92. The lowest BCUT2D eigenvalue weighted by molar-refractivity contribution is -0.146. The number of hydrogen-bond acceptors (Lipinski definition) is 5. The van der Waals surface area contributed by atoms with Crippen molar-refractivity contribution in [2.45, 2.75) is 76.7 Å². The fourth-order valence-corrected chi connectivity index (χ4v) is 2.66. The summed E-state index contributed by atoms with van der Waals surface area (Å²) in [5, 5.41) is 0. The SMILES string of the molecule is COC(=O)C(C)(N)CCCCOC1CC(C)OC(C)C1. The number of unbranched alkanes of at least 4 members (excludes halogenated alkanes) is 1. The van der Waals surface area contributed by atoms with E-state index in [-0.39, 0.29) is 18.2 Å². The second-order valence-electron chi connectivity index (χ2n) is 6.09. The minimum Gasteiger partial charge on any atom is -0.468 e. The van der Waals surface area contributed by atoms with Gasteiger partial charge in [-0.05, 0) is 52.9 Å². The maximum absolute atomic E-state index is 11.4. The maximum Gasteiger partial charge on any atom is 0.325 e. The molecule has 1 saturated heterocycles. The number of methoxy groups -OCH3 is 1. The smallest absolute Gasteiger partial charge is 0.325 e. The van der Waals surface area contributed by atoms with Gasteiger partial charge in [-0.3, -0.25) is 4.79 Å². The summed E-state index contributed by atoms with van der Waals surface area (Å²) in [7, 11) is 1.37. The van der Waals surface area contributed by atoms with Gasteiger partial charge < -0.3 is 19.9 Å². The van der Waals surface area contributed by atoms with Crippen molar-refractivity contribution in [3.8, 4) is 0 Å². The Balaban J connectivity index is 2.14. The lowest BCUT2D eigenvalue weighted by atomic mass is 9.96. The van der Waals surface area contributed by atoms with Gasteiger partial charge in [0, 0.05) is 6.61 Å². The minimum absolute atomic E-state index is 0.274. The van der Waals surface area contributed by atoms with Gasteiger partial charge in [-0.25, -0.2) is 0 Å². The first-order valence-electron chi connectivity index (χ1n) is 7.49. The Morgan fingerprint density at radius 2 is 1.90 bits per heavy atom. The molecule has 0 bridgehead atoms. The highest BCUT2D eigenvalue weighted by Gasteiger charge is 2.29. The van der Waals surface area contributed by atoms with Crippen LogP contribution in [-0.2, 0) is 19.0 Å². The molecule has 0 aromatic carbocycles. The van der Waals surface area contributed by atoms with Crippen LogP contribution in [0.25, 0.3) is 0 Å². The highest BCUT2D eigenvalue weighted by molar-refractivity contribution is 5.79. The number of nitrogens with two attached hydrogens (primary N) is 1. The van der Waals surface area contributed by atoms with Gasteiger partial charge in [0.2, 0.25) is 0 Å². The predicted octanol–water partition coefficient (Wildman–Crippen LogP) is 2.02. The molecule has 1 aliphatic rings. The van der Waals surface area contributed by atoms with E-state index in [2.05, 4.69) is 18.6 Å². The summed E-state index contributed by atoms with van der Waals surface area (Å²) in [6.45, 7) is 6.59. The van der Waals surface area contributed by atoms with E-state index in [1.165, 1.54) is 7.11 Å². The number of carbonyl (C=O) groups excluding carboxylic acids is 1. The predicted molar refractivity (Wildman–Crippen MR) is 77.4 cm³/mol. The van der Waals surface area contributed by atoms with Crippen LogP contribution in [0.1, 0.15) is 52.9 Å². The van der Waals surface area contributed by atoms with E-state index >= 15 is 0 Å². The van der Waals surface area contributed by atoms with E-state index in [1.807, 2.05) is 0 Å². The molecule has 1 aliphatic heterocycles. The Morgan fingerprint density at radius 1 is 1.30 bits per heavy atom. The van der Waals surface area contributed by atoms with Gasteiger partial charge in [0.05, 0.1) is 25.4 Å². The molecule has 0 saturated carbocycles. The van der Waals surface area contributed by atoms with Crippen LogP contribution < -0.4 is 5.73 Å². The second-order valence-corrected chi connectivity index (χ2v) is 6.09. The molecule has 5 nitrogen and oxygen atoms in total. The van der Waals surface area contributed by atoms with Gasteiger partial charge in [-0.1, -0.05) is 0 Å². The van der Waals surface area contributed by atoms with Crippen molar-refractivity contribution in [1.29, 1.82) is 0 Å². The van der Waals surface area contributed by atoms with Crippen molar-refractivity contribution >= 4 is 5.97 Å². The number of hydrogen-bond donors (Lipinski definition) is 1. The molecule has 0 amide bonds. The third-order valence-corrected chi connectivity index (χ3v) is 3.75. The summed E-state index contributed by atoms with van der Waals surface area (Å²) in [4.78, 5) is 11.4. The molecule has 0 spiro atoms. The van der Waals surface area contributed by atoms with Crippen LogP contribution in [0, 0.1) is 0 Å². The van der Waals surface area contributed by atoms with Crippen LogP contribution in [0.15, 0.2) is 0 Å². The zero-order valence-corrected chi connectivity index (χ0v) is 13.2. The van der Waals surface area contributed by atoms with Crippen LogP contribution in [0.3, 0.4) is 0 Å². The van der Waals surface area contributed by atoms with E-state index in [1.54, 1.807) is 6.92 Å². The molecule has 1 heterocycles. The second kappa shape index (κ2) is 7.96. The molecule has 0 radical (unpaired) electrons. The molecular weight excluding hydrogens is 258 g/mol. The number of carbonyl (C=O) groups is 1. The number of ether oxygens (including phenoxy) is 3. The maximum atomic E-state index is 11.4. The van der Waals surface area contributed by atoms with Crippen molar-refractivity contribution in [1.82, 2.24) is 0 Å². The number of esters is 1. The molecule has 118 valence electrons. The molecule has 1 fully saturated rings. The number of rotatable bonds is 7. The molecule has 1 rings (SSSR count). The Hall–Kier alpha value is -0.650. The Bertz CT molecular complexity index is 296. The van der Waals surface area contributed by atoms with Crippen molar-refractivity contribution in [2.75, 3.05) is 13.7 Å². The zero-order chi connectivity index (χ0) is 15.2. The first-order chi connectivity index (χ1) is 9.35. The van der Waals surface area contributed by atoms with E-state index in [0.717, 1.165) is 25.7 Å². The van der Waals surface area contributed by atoms with E-state index < -0.39 is 5.54 Å². The van der Waals surface area contributed by atoms with Crippen molar-refractivity contribution in [3.63, 3.8) is 0 Å². The standard InChI is InChI=1S/C15H29NO4/c1-11-9-13(10-12(2)20-11)19-8-6-5-7-15(3,16)14(17)18-4/h11-13H,5-10,16H2,1-4H3. The van der Waals surface area contributed by atoms with Crippen LogP contribution >= 0.6 is 0 Å². The monoisotopic (exact) mass is 287 g/mol. The summed E-state index contributed by atoms with van der Waals surface area (Å²) >= 11 is 0. The van der Waals surface area contributed by atoms with E-state index in [9.17, 15) is 4.79 Å². The van der Waals surface area contributed by atoms with Gasteiger partial charge in [-0.2, -0.15) is 0 Å². The van der Waals surface area contributed by atoms with Crippen LogP contribution in [0.5, 0.6) is 0 Å². The zero-order valence-electron chi connectivity index (χ0n) is 13.2. The molecule has 3 atom stereocenters. The third-order valence-electron chi connectivity index (χ3n) is 3.75. The van der Waals surface area contributed by atoms with Crippen molar-refractivity contribution in [3.05, 3.63) is 0 Å². The molecule has 2 N–H and O–H groups in total. The lowest BCUT2D eigenvalue weighted by Gasteiger charge is -2.32. The fraction of sp³-hybridized carbons (Fsp3) is 0.933. The average Bonchev–Trinajstić information content (AvgIpc) is 2.36. The van der Waals surface area contributed by atoms with Crippen LogP contribution in [-0.4, -0.2) is 43.5 Å². The average molecular weight is 287 g/mol. The topological polar surface area (TPSA) is 70.8 Å². The van der Waals surface area contributed by atoms with Crippen molar-refractivity contribution in [2.24, 2.45) is 5.73 Å². The molecule has 20 heavy (non-hydrogen) atoms. The minimum atomic E-state index is -0.892. The highest BCUT2D eigenvalue weighted by atomic mass is 16.5. The van der Waals surface area contributed by atoms with Crippen molar-refractivity contribution < 1.29 is 19.0 Å². The first-order valence-corrected chi connectivity index (χ1v) is 7.49. The lowest BCUT2D eigenvalue weighted by Crippen LogP contribution is -2.45. The summed E-state index contributed by atoms with van der Waals surface area (Å²) in [5.74, 6) is -0.356. The summed E-state index contributed by atoms with van der Waals surface area (Å²) in [5.41, 5.74) is 5.01. The summed E-state index contributed by atoms with van der Waals surface area (Å²) in [6, 6.07) is 0. The quantitative estimate of drug-likeness (QED) is 0.573. The third kappa shape index (κ3) is 5.77. The normalized spacial score (nSPS) is 29.8.